The third kappa shape index (κ3) is 2.88. The second kappa shape index (κ2) is 4.98. The zero-order valence-corrected chi connectivity index (χ0v) is 11.9. The molecule has 1 atom stereocenters. The Kier molecular flexibility index (Phi) is 3.39. The lowest BCUT2D eigenvalue weighted by Gasteiger charge is -2.17. The number of nitrogens with zero attached hydrogens (tertiary/aromatic N) is 4. The van der Waals surface area contributed by atoms with Gasteiger partial charge in [-0.1, -0.05) is 11.6 Å². The summed E-state index contributed by atoms with van der Waals surface area (Å²) in [7, 11) is 1.78. The molecule has 2 aromatic rings. The van der Waals surface area contributed by atoms with Gasteiger partial charge < -0.3 is 4.57 Å². The lowest BCUT2D eigenvalue weighted by atomic mass is 9.93. The van der Waals surface area contributed by atoms with Gasteiger partial charge in [0.05, 0.1) is 0 Å². The number of hydrogen-bond acceptors (Lipinski definition) is 3. The molecule has 1 aliphatic rings. The van der Waals surface area contributed by atoms with Gasteiger partial charge in [-0.2, -0.15) is 13.2 Å². The minimum absolute atomic E-state index is 0.160. The van der Waals surface area contributed by atoms with E-state index < -0.39 is 11.9 Å². The van der Waals surface area contributed by atoms with Gasteiger partial charge in [-0.15, -0.1) is 10.2 Å². The summed E-state index contributed by atoms with van der Waals surface area (Å²) in [5.74, 6) is 0.680. The van der Waals surface area contributed by atoms with Crippen LogP contribution in [0.5, 0.6) is 0 Å². The second-order valence-electron chi connectivity index (χ2n) is 5.22. The van der Waals surface area contributed by atoms with Crippen molar-refractivity contribution in [1.82, 2.24) is 19.7 Å². The van der Waals surface area contributed by atoms with Crippen LogP contribution in [0.4, 0.5) is 13.2 Å². The predicted octanol–water partition coefficient (Wildman–Crippen LogP) is 3.42. The van der Waals surface area contributed by atoms with Gasteiger partial charge >= 0.3 is 6.18 Å². The van der Waals surface area contributed by atoms with Gasteiger partial charge in [-0.05, 0) is 36.5 Å². The Morgan fingerprint density at radius 1 is 1.33 bits per heavy atom. The fraction of sp³-hybridized carbons (Fsp3) is 0.462. The molecule has 3 rings (SSSR count). The average Bonchev–Trinajstić information content (AvgIpc) is 3.12. The molecule has 0 aliphatic heterocycles. The molecule has 0 saturated heterocycles. The van der Waals surface area contributed by atoms with E-state index in [1.165, 1.54) is 12.4 Å². The van der Waals surface area contributed by atoms with Crippen LogP contribution in [-0.4, -0.2) is 19.7 Å². The van der Waals surface area contributed by atoms with Crippen molar-refractivity contribution >= 4 is 11.6 Å². The van der Waals surface area contributed by atoms with Crippen molar-refractivity contribution in [1.29, 1.82) is 0 Å². The summed E-state index contributed by atoms with van der Waals surface area (Å²) in [5.41, 5.74) is -0.487. The first-order valence-corrected chi connectivity index (χ1v) is 6.82. The van der Waals surface area contributed by atoms with Crippen molar-refractivity contribution < 1.29 is 13.2 Å². The monoisotopic (exact) mass is 316 g/mol. The Morgan fingerprint density at radius 3 is 2.57 bits per heavy atom. The second-order valence-corrected chi connectivity index (χ2v) is 5.61. The first-order valence-electron chi connectivity index (χ1n) is 6.45. The van der Waals surface area contributed by atoms with Gasteiger partial charge in [0.1, 0.15) is 23.0 Å². The van der Waals surface area contributed by atoms with Crippen LogP contribution in [-0.2, 0) is 13.2 Å². The van der Waals surface area contributed by atoms with E-state index in [0.717, 1.165) is 18.9 Å². The molecule has 1 fully saturated rings. The van der Waals surface area contributed by atoms with Crippen LogP contribution in [0.25, 0.3) is 0 Å². The largest absolute Gasteiger partial charge is 0.433 e. The smallest absolute Gasteiger partial charge is 0.320 e. The molecule has 8 heteroatoms. The lowest BCUT2D eigenvalue weighted by Crippen LogP contribution is -2.14. The maximum atomic E-state index is 12.9. The molecule has 1 aliphatic carbocycles. The standard InChI is InChI=1S/C13H12ClF3N4/c1-21-6-18-20-12(21)11(7-2-3-7)8-4-9(13(15,16)17)19-10(14)5-8/h4-7,11H,2-3H2,1H3. The summed E-state index contributed by atoms with van der Waals surface area (Å²) in [6.07, 6.45) is -1.07. The van der Waals surface area contributed by atoms with Crippen molar-refractivity contribution in [3.8, 4) is 0 Å². The molecule has 21 heavy (non-hydrogen) atoms. The molecule has 0 amide bonds. The Balaban J connectivity index is 2.08. The quantitative estimate of drug-likeness (QED) is 0.815. The Bertz CT molecular complexity index is 664. The minimum atomic E-state index is -4.52. The third-order valence-electron chi connectivity index (χ3n) is 3.58. The Hall–Kier alpha value is -1.63. The summed E-state index contributed by atoms with van der Waals surface area (Å²) in [6, 6.07) is 2.54. The van der Waals surface area contributed by atoms with Gasteiger partial charge in [0, 0.05) is 13.0 Å². The molecule has 112 valence electrons. The molecule has 1 unspecified atom stereocenters. The summed E-state index contributed by atoms with van der Waals surface area (Å²) < 4.78 is 40.4. The zero-order chi connectivity index (χ0) is 15.2. The number of hydrogen-bond donors (Lipinski definition) is 0. The SMILES string of the molecule is Cn1cnnc1C(c1cc(Cl)nc(C(F)(F)F)c1)C1CC1. The third-order valence-corrected chi connectivity index (χ3v) is 3.78. The van der Waals surface area contributed by atoms with Crippen molar-refractivity contribution in [2.75, 3.05) is 0 Å². The Morgan fingerprint density at radius 2 is 2.05 bits per heavy atom. The first-order chi connectivity index (χ1) is 9.86. The van der Waals surface area contributed by atoms with Gasteiger partial charge in [-0.25, -0.2) is 4.98 Å². The van der Waals surface area contributed by atoms with Crippen LogP contribution >= 0.6 is 11.6 Å². The highest BCUT2D eigenvalue weighted by Gasteiger charge is 2.39. The van der Waals surface area contributed by atoms with Crippen molar-refractivity contribution in [3.63, 3.8) is 0 Å². The summed E-state index contributed by atoms with van der Waals surface area (Å²) in [5, 5.41) is 7.70. The normalized spacial score (nSPS) is 17.0. The molecule has 0 aromatic carbocycles. The van der Waals surface area contributed by atoms with Crippen LogP contribution in [0.2, 0.25) is 5.15 Å². The zero-order valence-electron chi connectivity index (χ0n) is 11.1. The fourth-order valence-corrected chi connectivity index (χ4v) is 2.69. The number of halogens is 4. The fourth-order valence-electron chi connectivity index (χ4n) is 2.48. The van der Waals surface area contributed by atoms with E-state index in [1.54, 1.807) is 11.6 Å². The minimum Gasteiger partial charge on any atom is -0.320 e. The van der Waals surface area contributed by atoms with E-state index in [1.807, 2.05) is 0 Å². The maximum absolute atomic E-state index is 12.9. The van der Waals surface area contributed by atoms with Crippen LogP contribution in [0.15, 0.2) is 18.5 Å². The lowest BCUT2D eigenvalue weighted by molar-refractivity contribution is -0.141. The van der Waals surface area contributed by atoms with E-state index in [0.29, 0.717) is 11.4 Å². The number of pyridine rings is 1. The average molecular weight is 317 g/mol. The van der Waals surface area contributed by atoms with Crippen LogP contribution in [0.3, 0.4) is 0 Å². The summed E-state index contributed by atoms with van der Waals surface area (Å²) in [6.45, 7) is 0. The van der Waals surface area contributed by atoms with E-state index in [-0.39, 0.29) is 17.0 Å². The van der Waals surface area contributed by atoms with Crippen molar-refractivity contribution in [3.05, 3.63) is 40.7 Å². The number of aromatic nitrogens is 4. The van der Waals surface area contributed by atoms with E-state index >= 15 is 0 Å². The van der Waals surface area contributed by atoms with Crippen LogP contribution < -0.4 is 0 Å². The van der Waals surface area contributed by atoms with Crippen LogP contribution in [0, 0.1) is 5.92 Å². The summed E-state index contributed by atoms with van der Waals surface area (Å²) >= 11 is 5.77. The predicted molar refractivity (Wildman–Crippen MR) is 69.8 cm³/mol. The molecular weight excluding hydrogens is 305 g/mol. The highest BCUT2D eigenvalue weighted by Crippen LogP contribution is 2.46. The van der Waals surface area contributed by atoms with Gasteiger partial charge in [0.15, 0.2) is 0 Å². The first kappa shape index (κ1) is 14.3. The number of rotatable bonds is 3. The van der Waals surface area contributed by atoms with E-state index in [2.05, 4.69) is 15.2 Å². The number of aryl methyl sites for hydroxylation is 1. The molecule has 0 N–H and O–H groups in total. The molecule has 2 aromatic heterocycles. The van der Waals surface area contributed by atoms with E-state index in [9.17, 15) is 13.2 Å². The van der Waals surface area contributed by atoms with Gasteiger partial charge in [-0.3, -0.25) is 0 Å². The van der Waals surface area contributed by atoms with Crippen molar-refractivity contribution in [2.24, 2.45) is 13.0 Å². The molecule has 0 spiro atoms. The number of alkyl halides is 3. The molecule has 1 saturated carbocycles. The van der Waals surface area contributed by atoms with Crippen molar-refractivity contribution in [2.45, 2.75) is 24.9 Å². The highest BCUT2D eigenvalue weighted by atomic mass is 35.5. The van der Waals surface area contributed by atoms with Gasteiger partial charge in [0.2, 0.25) is 0 Å². The molecule has 0 radical (unpaired) electrons. The highest BCUT2D eigenvalue weighted by molar-refractivity contribution is 6.29. The molecule has 4 nitrogen and oxygen atoms in total. The molecule has 2 heterocycles. The van der Waals surface area contributed by atoms with Gasteiger partial charge in [0.25, 0.3) is 0 Å². The molecule has 0 bridgehead atoms. The van der Waals surface area contributed by atoms with E-state index in [4.69, 9.17) is 11.6 Å². The Labute approximate surface area is 124 Å². The molecular formula is C13H12ClF3N4. The summed E-state index contributed by atoms with van der Waals surface area (Å²) in [4.78, 5) is 3.37. The topological polar surface area (TPSA) is 43.6 Å². The van der Waals surface area contributed by atoms with Crippen LogP contribution in [0.1, 0.15) is 35.8 Å². The maximum Gasteiger partial charge on any atom is 0.433 e.